The van der Waals surface area contributed by atoms with Crippen molar-refractivity contribution < 1.29 is 4.74 Å². The van der Waals surface area contributed by atoms with Crippen molar-refractivity contribution >= 4 is 24.9 Å². The molecular weight excluding hydrogens is 316 g/mol. The van der Waals surface area contributed by atoms with E-state index in [2.05, 4.69) is 49.0 Å². The van der Waals surface area contributed by atoms with E-state index in [1.165, 1.54) is 16.1 Å². The zero-order chi connectivity index (χ0) is 16.3. The topological polar surface area (TPSA) is 44.1 Å². The molecule has 0 amide bonds. The Morgan fingerprint density at radius 3 is 2.41 bits per heavy atom. The molecule has 0 atom stereocenters. The summed E-state index contributed by atoms with van der Waals surface area (Å²) in [4.78, 5) is 11.9. The van der Waals surface area contributed by atoms with Gasteiger partial charge in [0.05, 0.1) is 14.3 Å². The molecule has 0 saturated carbocycles. The molecule has 0 spiro atoms. The Labute approximate surface area is 136 Å². The van der Waals surface area contributed by atoms with E-state index >= 15 is 0 Å². The lowest BCUT2D eigenvalue weighted by atomic mass is 10.2. The third-order valence-corrected chi connectivity index (χ3v) is 5.88. The molecule has 0 N–H and O–H groups in total. The van der Waals surface area contributed by atoms with E-state index in [1.54, 1.807) is 0 Å². The van der Waals surface area contributed by atoms with E-state index in [9.17, 15) is 4.79 Å². The molecular formula is C16H21ClN2O2Si. The predicted molar refractivity (Wildman–Crippen MR) is 92.9 cm³/mol. The number of aryl methyl sites for hydroxylation is 1. The van der Waals surface area contributed by atoms with Crippen LogP contribution in [0, 0.1) is 0 Å². The second-order valence-electron chi connectivity index (χ2n) is 6.18. The van der Waals surface area contributed by atoms with Gasteiger partial charge >= 0.3 is 0 Å². The molecule has 0 bridgehead atoms. The van der Waals surface area contributed by atoms with Gasteiger partial charge in [0.1, 0.15) is 6.61 Å². The lowest BCUT2D eigenvalue weighted by molar-refractivity contribution is 0.302. The highest BCUT2D eigenvalue weighted by Gasteiger charge is 2.15. The first kappa shape index (κ1) is 16.8. The monoisotopic (exact) mass is 336 g/mol. The van der Waals surface area contributed by atoms with Gasteiger partial charge in [-0.25, -0.2) is 4.68 Å². The molecule has 1 aromatic heterocycles. The lowest BCUT2D eigenvalue weighted by Gasteiger charge is -2.17. The molecule has 0 aliphatic rings. The van der Waals surface area contributed by atoms with Crippen LogP contribution in [0.2, 0.25) is 24.7 Å². The Balaban J connectivity index is 2.11. The molecule has 4 nitrogen and oxygen atoms in total. The van der Waals surface area contributed by atoms with Crippen molar-refractivity contribution in [1.82, 2.24) is 9.78 Å². The summed E-state index contributed by atoms with van der Waals surface area (Å²) in [7, 11) is -1.29. The Kier molecular flexibility index (Phi) is 5.08. The van der Waals surface area contributed by atoms with Crippen LogP contribution < -0.4 is 15.5 Å². The number of ether oxygens (including phenoxy) is 1. The van der Waals surface area contributed by atoms with E-state index in [4.69, 9.17) is 16.3 Å². The van der Waals surface area contributed by atoms with Gasteiger partial charge in [-0.05, 0) is 12.5 Å². The Bertz CT molecular complexity index is 706. The smallest absolute Gasteiger partial charge is 0.289 e. The highest BCUT2D eigenvalue weighted by Crippen LogP contribution is 2.19. The number of rotatable bonds is 5. The molecule has 0 saturated heterocycles. The molecule has 0 radical (unpaired) electrons. The summed E-state index contributed by atoms with van der Waals surface area (Å²) in [5.41, 5.74) is 0.716. The van der Waals surface area contributed by atoms with Gasteiger partial charge in [0.25, 0.3) is 5.56 Å². The van der Waals surface area contributed by atoms with E-state index in [0.29, 0.717) is 18.9 Å². The predicted octanol–water partition coefficient (Wildman–Crippen LogP) is 3.04. The summed E-state index contributed by atoms with van der Waals surface area (Å²) in [5.74, 6) is 0.325. The van der Waals surface area contributed by atoms with Crippen LogP contribution in [0.5, 0.6) is 5.75 Å². The van der Waals surface area contributed by atoms with E-state index in [0.717, 1.165) is 5.56 Å². The van der Waals surface area contributed by atoms with E-state index < -0.39 is 8.07 Å². The van der Waals surface area contributed by atoms with Crippen molar-refractivity contribution in [2.45, 2.75) is 39.7 Å². The molecule has 0 fully saturated rings. The summed E-state index contributed by atoms with van der Waals surface area (Å²) < 4.78 is 6.94. The fraction of sp³-hybridized carbons (Fsp3) is 0.375. The third-order valence-electron chi connectivity index (χ3n) is 3.47. The van der Waals surface area contributed by atoms with Crippen LogP contribution in [-0.2, 0) is 13.2 Å². The Morgan fingerprint density at radius 2 is 1.86 bits per heavy atom. The van der Waals surface area contributed by atoms with Crippen molar-refractivity contribution in [2.75, 3.05) is 0 Å². The van der Waals surface area contributed by atoms with Gasteiger partial charge in [0, 0.05) is 6.54 Å². The quantitative estimate of drug-likeness (QED) is 0.788. The van der Waals surface area contributed by atoms with Crippen LogP contribution in [0.15, 0.2) is 35.3 Å². The molecule has 1 heterocycles. The molecule has 22 heavy (non-hydrogen) atoms. The normalized spacial score (nSPS) is 11.5. The summed E-state index contributed by atoms with van der Waals surface area (Å²) in [5, 5.41) is 5.50. The van der Waals surface area contributed by atoms with Gasteiger partial charge in [-0.2, -0.15) is 5.10 Å². The minimum Gasteiger partial charge on any atom is -0.485 e. The highest BCUT2D eigenvalue weighted by atomic mass is 35.5. The molecule has 2 rings (SSSR count). The van der Waals surface area contributed by atoms with E-state index in [1.807, 2.05) is 6.92 Å². The minimum absolute atomic E-state index is 0.0792. The van der Waals surface area contributed by atoms with Gasteiger partial charge < -0.3 is 4.74 Å². The maximum atomic E-state index is 11.9. The molecule has 2 aromatic rings. The number of hydrogen-bond donors (Lipinski definition) is 0. The fourth-order valence-electron chi connectivity index (χ4n) is 2.04. The standard InChI is InChI=1S/C16H21ClN2O2Si/c1-5-19-16(20)15(17)14(10-18-19)21-11-12-6-8-13(9-7-12)22(2,3)4/h6-10H,5,11H2,1-4H3. The van der Waals surface area contributed by atoms with Gasteiger partial charge in [-0.3, -0.25) is 4.79 Å². The molecule has 0 unspecified atom stereocenters. The summed E-state index contributed by atoms with van der Waals surface area (Å²) in [6.45, 7) is 9.62. The van der Waals surface area contributed by atoms with Gasteiger partial charge in [0.2, 0.25) is 0 Å². The van der Waals surface area contributed by atoms with Crippen molar-refractivity contribution in [1.29, 1.82) is 0 Å². The van der Waals surface area contributed by atoms with Gasteiger partial charge in [-0.1, -0.05) is 60.7 Å². The molecule has 0 aliphatic carbocycles. The Morgan fingerprint density at radius 1 is 1.23 bits per heavy atom. The molecule has 1 aromatic carbocycles. The molecule has 118 valence electrons. The second kappa shape index (κ2) is 6.67. The number of hydrogen-bond acceptors (Lipinski definition) is 3. The first-order valence-electron chi connectivity index (χ1n) is 7.30. The van der Waals surface area contributed by atoms with Crippen LogP contribution >= 0.6 is 11.6 Å². The first-order valence-corrected chi connectivity index (χ1v) is 11.2. The van der Waals surface area contributed by atoms with Crippen molar-refractivity contribution in [3.05, 3.63) is 51.4 Å². The van der Waals surface area contributed by atoms with Gasteiger partial charge in [-0.15, -0.1) is 0 Å². The lowest BCUT2D eigenvalue weighted by Crippen LogP contribution is -2.37. The zero-order valence-corrected chi connectivity index (χ0v) is 15.1. The van der Waals surface area contributed by atoms with Crippen LogP contribution in [0.25, 0.3) is 0 Å². The number of halogens is 1. The maximum Gasteiger partial charge on any atom is 0.289 e. The van der Waals surface area contributed by atoms with Gasteiger partial charge in [0.15, 0.2) is 10.8 Å². The van der Waals surface area contributed by atoms with Crippen LogP contribution in [0.4, 0.5) is 0 Å². The molecule has 0 aliphatic heterocycles. The summed E-state index contributed by atoms with van der Waals surface area (Å²) in [6.07, 6.45) is 1.49. The first-order chi connectivity index (χ1) is 10.3. The zero-order valence-electron chi connectivity index (χ0n) is 13.4. The van der Waals surface area contributed by atoms with E-state index in [-0.39, 0.29) is 10.6 Å². The van der Waals surface area contributed by atoms with Crippen LogP contribution in [-0.4, -0.2) is 17.9 Å². The number of nitrogens with zero attached hydrogens (tertiary/aromatic N) is 2. The average Bonchev–Trinajstić information content (AvgIpc) is 2.48. The second-order valence-corrected chi connectivity index (χ2v) is 11.6. The summed E-state index contributed by atoms with van der Waals surface area (Å²) >= 11 is 6.04. The van der Waals surface area contributed by atoms with Crippen molar-refractivity contribution in [2.24, 2.45) is 0 Å². The van der Waals surface area contributed by atoms with Crippen molar-refractivity contribution in [3.8, 4) is 5.75 Å². The minimum atomic E-state index is -1.29. The number of benzene rings is 1. The highest BCUT2D eigenvalue weighted by molar-refractivity contribution is 6.88. The SMILES string of the molecule is CCn1ncc(OCc2ccc([Si](C)(C)C)cc2)c(Cl)c1=O. The largest absolute Gasteiger partial charge is 0.485 e. The summed E-state index contributed by atoms with van der Waals surface area (Å²) in [6, 6.07) is 8.42. The Hall–Kier alpha value is -1.59. The van der Waals surface area contributed by atoms with Crippen LogP contribution in [0.3, 0.4) is 0 Å². The average molecular weight is 337 g/mol. The van der Waals surface area contributed by atoms with Crippen molar-refractivity contribution in [3.63, 3.8) is 0 Å². The van der Waals surface area contributed by atoms with Crippen LogP contribution in [0.1, 0.15) is 12.5 Å². The number of aromatic nitrogens is 2. The maximum absolute atomic E-state index is 11.9. The molecule has 6 heteroatoms. The fourth-order valence-corrected chi connectivity index (χ4v) is 3.41. The third kappa shape index (κ3) is 3.78.